The van der Waals surface area contributed by atoms with E-state index < -0.39 is 0 Å². The van der Waals surface area contributed by atoms with Gasteiger partial charge >= 0.3 is 0 Å². The zero-order valence-corrected chi connectivity index (χ0v) is 13.3. The van der Waals surface area contributed by atoms with Crippen LogP contribution in [-0.2, 0) is 19.4 Å². The Balaban J connectivity index is 1.54. The molecule has 3 heterocycles. The molecule has 0 saturated carbocycles. The molecule has 0 aromatic carbocycles. The number of pyridine rings is 1. The lowest BCUT2D eigenvalue weighted by Gasteiger charge is -2.08. The van der Waals surface area contributed by atoms with Crippen molar-refractivity contribution in [1.82, 2.24) is 25.1 Å². The Morgan fingerprint density at radius 3 is 3.00 bits per heavy atom. The number of amides is 1. The molecule has 1 N–H and O–H groups in total. The standard InChI is InChI=1S/C16H21N5O2/c1-23-15-7-6-12(11-18-15)16(22)17-9-8-14-20-19-13-5-3-2-4-10-21(13)14/h6-7,11H,2-5,8-10H2,1H3,(H,17,22). The van der Waals surface area contributed by atoms with Gasteiger partial charge in [0.05, 0.1) is 12.7 Å². The zero-order valence-electron chi connectivity index (χ0n) is 13.3. The summed E-state index contributed by atoms with van der Waals surface area (Å²) in [5, 5.41) is 11.4. The molecule has 0 bridgehead atoms. The molecule has 3 rings (SSSR count). The fourth-order valence-electron chi connectivity index (χ4n) is 2.76. The minimum absolute atomic E-state index is 0.143. The van der Waals surface area contributed by atoms with Crippen LogP contribution < -0.4 is 10.1 Å². The number of carbonyl (C=O) groups is 1. The fraction of sp³-hybridized carbons (Fsp3) is 0.500. The number of nitrogens with zero attached hydrogens (tertiary/aromatic N) is 4. The first-order chi connectivity index (χ1) is 11.3. The smallest absolute Gasteiger partial charge is 0.252 e. The van der Waals surface area contributed by atoms with Gasteiger partial charge in [0, 0.05) is 38.2 Å². The topological polar surface area (TPSA) is 81.9 Å². The van der Waals surface area contributed by atoms with E-state index in [0.717, 1.165) is 24.6 Å². The van der Waals surface area contributed by atoms with Crippen molar-refractivity contribution < 1.29 is 9.53 Å². The quantitative estimate of drug-likeness (QED) is 0.901. The van der Waals surface area contributed by atoms with Crippen LogP contribution in [0.1, 0.15) is 41.3 Å². The van der Waals surface area contributed by atoms with Crippen molar-refractivity contribution in [2.45, 2.75) is 38.6 Å². The lowest BCUT2D eigenvalue weighted by atomic mass is 10.2. The molecule has 0 radical (unpaired) electrons. The second-order valence-electron chi connectivity index (χ2n) is 5.59. The summed E-state index contributed by atoms with van der Waals surface area (Å²) in [5.41, 5.74) is 0.519. The molecule has 7 heteroatoms. The van der Waals surface area contributed by atoms with E-state index >= 15 is 0 Å². The van der Waals surface area contributed by atoms with Gasteiger partial charge in [0.2, 0.25) is 5.88 Å². The number of methoxy groups -OCH3 is 1. The van der Waals surface area contributed by atoms with Crippen LogP contribution in [-0.4, -0.2) is 39.3 Å². The Morgan fingerprint density at radius 2 is 2.22 bits per heavy atom. The summed E-state index contributed by atoms with van der Waals surface area (Å²) in [5.74, 6) is 2.38. The Bertz CT molecular complexity index is 666. The molecule has 2 aromatic rings. The molecule has 0 saturated heterocycles. The van der Waals surface area contributed by atoms with Crippen molar-refractivity contribution in [2.75, 3.05) is 13.7 Å². The third-order valence-corrected chi connectivity index (χ3v) is 4.03. The van der Waals surface area contributed by atoms with Gasteiger partial charge in [-0.1, -0.05) is 6.42 Å². The van der Waals surface area contributed by atoms with Crippen molar-refractivity contribution in [2.24, 2.45) is 0 Å². The van der Waals surface area contributed by atoms with Gasteiger partial charge in [-0.25, -0.2) is 4.98 Å². The fourth-order valence-corrected chi connectivity index (χ4v) is 2.76. The van der Waals surface area contributed by atoms with E-state index in [2.05, 4.69) is 25.1 Å². The van der Waals surface area contributed by atoms with Crippen LogP contribution in [0.3, 0.4) is 0 Å². The monoisotopic (exact) mass is 315 g/mol. The first kappa shape index (κ1) is 15.5. The second kappa shape index (κ2) is 7.21. The number of ether oxygens (including phenoxy) is 1. The summed E-state index contributed by atoms with van der Waals surface area (Å²) in [6.07, 6.45) is 6.78. The van der Waals surface area contributed by atoms with Crippen molar-refractivity contribution >= 4 is 5.91 Å². The molecule has 0 aliphatic carbocycles. The second-order valence-corrected chi connectivity index (χ2v) is 5.59. The number of hydrogen-bond donors (Lipinski definition) is 1. The molecule has 2 aromatic heterocycles. The number of carbonyl (C=O) groups excluding carboxylic acids is 1. The van der Waals surface area contributed by atoms with E-state index in [9.17, 15) is 4.79 Å². The molecule has 0 spiro atoms. The summed E-state index contributed by atoms with van der Waals surface area (Å²) in [4.78, 5) is 16.1. The summed E-state index contributed by atoms with van der Waals surface area (Å²) < 4.78 is 7.18. The summed E-state index contributed by atoms with van der Waals surface area (Å²) in [7, 11) is 1.55. The normalized spacial score (nSPS) is 14.0. The third kappa shape index (κ3) is 3.67. The predicted molar refractivity (Wildman–Crippen MR) is 84.4 cm³/mol. The third-order valence-electron chi connectivity index (χ3n) is 4.03. The van der Waals surface area contributed by atoms with Crippen LogP contribution in [0.25, 0.3) is 0 Å². The first-order valence-corrected chi connectivity index (χ1v) is 7.97. The highest BCUT2D eigenvalue weighted by Crippen LogP contribution is 2.14. The maximum absolute atomic E-state index is 12.1. The van der Waals surface area contributed by atoms with Crippen molar-refractivity contribution in [3.8, 4) is 5.88 Å². The molecule has 1 aliphatic heterocycles. The van der Waals surface area contributed by atoms with Crippen LogP contribution in [0, 0.1) is 0 Å². The first-order valence-electron chi connectivity index (χ1n) is 7.97. The summed E-state index contributed by atoms with van der Waals surface area (Å²) in [6.45, 7) is 1.51. The van der Waals surface area contributed by atoms with Crippen LogP contribution in [0.15, 0.2) is 18.3 Å². The highest BCUT2D eigenvalue weighted by atomic mass is 16.5. The van der Waals surface area contributed by atoms with Gasteiger partial charge < -0.3 is 14.6 Å². The SMILES string of the molecule is COc1ccc(C(=O)NCCc2nnc3n2CCCCC3)cn1. The minimum Gasteiger partial charge on any atom is -0.481 e. The van der Waals surface area contributed by atoms with Gasteiger partial charge in [-0.2, -0.15) is 0 Å². The van der Waals surface area contributed by atoms with Crippen LogP contribution >= 0.6 is 0 Å². The van der Waals surface area contributed by atoms with E-state index in [-0.39, 0.29) is 5.91 Å². The van der Waals surface area contributed by atoms with Gasteiger partial charge in [-0.3, -0.25) is 4.79 Å². The maximum atomic E-state index is 12.1. The molecule has 1 amide bonds. The molecule has 0 unspecified atom stereocenters. The summed E-state index contributed by atoms with van der Waals surface area (Å²) in [6, 6.07) is 3.37. The van der Waals surface area contributed by atoms with E-state index in [0.29, 0.717) is 24.4 Å². The Morgan fingerprint density at radius 1 is 1.30 bits per heavy atom. The summed E-state index contributed by atoms with van der Waals surface area (Å²) >= 11 is 0. The van der Waals surface area contributed by atoms with Crippen molar-refractivity contribution in [3.63, 3.8) is 0 Å². The van der Waals surface area contributed by atoms with Crippen molar-refractivity contribution in [1.29, 1.82) is 0 Å². The van der Waals surface area contributed by atoms with Gasteiger partial charge in [-0.05, 0) is 18.9 Å². The predicted octanol–water partition coefficient (Wildman–Crippen LogP) is 1.38. The molecular weight excluding hydrogens is 294 g/mol. The number of hydrogen-bond acceptors (Lipinski definition) is 5. The Kier molecular flexibility index (Phi) is 4.85. The minimum atomic E-state index is -0.143. The van der Waals surface area contributed by atoms with Gasteiger partial charge in [0.25, 0.3) is 5.91 Å². The Hall–Kier alpha value is -2.44. The zero-order chi connectivity index (χ0) is 16.1. The largest absolute Gasteiger partial charge is 0.481 e. The average molecular weight is 315 g/mol. The lowest BCUT2D eigenvalue weighted by Crippen LogP contribution is -2.26. The van der Waals surface area contributed by atoms with Gasteiger partial charge in [0.1, 0.15) is 11.6 Å². The highest BCUT2D eigenvalue weighted by molar-refractivity contribution is 5.93. The average Bonchev–Trinajstić information content (AvgIpc) is 2.82. The van der Waals surface area contributed by atoms with Crippen LogP contribution in [0.2, 0.25) is 0 Å². The van der Waals surface area contributed by atoms with Crippen LogP contribution in [0.4, 0.5) is 0 Å². The lowest BCUT2D eigenvalue weighted by molar-refractivity contribution is 0.0953. The number of aryl methyl sites for hydroxylation is 1. The van der Waals surface area contributed by atoms with E-state index in [1.54, 1.807) is 19.2 Å². The van der Waals surface area contributed by atoms with E-state index in [1.165, 1.54) is 25.5 Å². The van der Waals surface area contributed by atoms with E-state index in [4.69, 9.17) is 4.74 Å². The highest BCUT2D eigenvalue weighted by Gasteiger charge is 2.14. The molecule has 1 aliphatic rings. The Labute approximate surface area is 135 Å². The number of aromatic nitrogens is 4. The molecule has 7 nitrogen and oxygen atoms in total. The molecule has 0 atom stereocenters. The van der Waals surface area contributed by atoms with Gasteiger partial charge in [-0.15, -0.1) is 10.2 Å². The number of fused-ring (bicyclic) bond motifs is 1. The molecular formula is C16H21N5O2. The van der Waals surface area contributed by atoms with Crippen molar-refractivity contribution in [3.05, 3.63) is 35.5 Å². The van der Waals surface area contributed by atoms with E-state index in [1.807, 2.05) is 0 Å². The molecule has 122 valence electrons. The maximum Gasteiger partial charge on any atom is 0.252 e. The number of rotatable bonds is 5. The van der Waals surface area contributed by atoms with Gasteiger partial charge in [0.15, 0.2) is 0 Å². The molecule has 0 fully saturated rings. The van der Waals surface area contributed by atoms with Crippen LogP contribution in [0.5, 0.6) is 5.88 Å². The molecule has 23 heavy (non-hydrogen) atoms. The number of nitrogens with one attached hydrogen (secondary N) is 1.